The van der Waals surface area contributed by atoms with Crippen molar-refractivity contribution in [3.8, 4) is 11.5 Å². The Morgan fingerprint density at radius 1 is 0.440 bits per heavy atom. The molecule has 0 amide bonds. The highest BCUT2D eigenvalue weighted by molar-refractivity contribution is 5.90. The summed E-state index contributed by atoms with van der Waals surface area (Å²) in [5, 5.41) is 8.66. The number of ether oxygens (including phenoxy) is 7. The van der Waals surface area contributed by atoms with Crippen LogP contribution in [0.15, 0.2) is 18.2 Å². The van der Waals surface area contributed by atoms with Gasteiger partial charge in [0.2, 0.25) is 0 Å². The number of esters is 1. The van der Waals surface area contributed by atoms with Gasteiger partial charge in [0.25, 0.3) is 0 Å². The Kier molecular flexibility index (Phi) is 34.0. The number of aliphatic hydroxyl groups excluding tert-OH is 1. The molecule has 0 aliphatic heterocycles. The van der Waals surface area contributed by atoms with Crippen molar-refractivity contribution in [3.63, 3.8) is 0 Å². The molecular weight excluding hydrogens is 636 g/mol. The zero-order chi connectivity index (χ0) is 36.0. The average molecular weight is 711 g/mol. The molecular formula is C41H74O9. The fraction of sp³-hybridized carbons (Fsp3) is 0.829. The Hall–Kier alpha value is -1.91. The summed E-state index contributed by atoms with van der Waals surface area (Å²) in [6.45, 7) is 9.19. The van der Waals surface area contributed by atoms with E-state index in [-0.39, 0.29) is 19.8 Å². The molecule has 1 aromatic carbocycles. The van der Waals surface area contributed by atoms with Gasteiger partial charge >= 0.3 is 5.97 Å². The third kappa shape index (κ3) is 29.8. The summed E-state index contributed by atoms with van der Waals surface area (Å²) in [5.74, 6) is 0.866. The first-order chi connectivity index (χ1) is 24.7. The Morgan fingerprint density at radius 3 is 1.16 bits per heavy atom. The molecule has 1 aromatic rings. The molecule has 0 spiro atoms. The lowest BCUT2D eigenvalue weighted by Crippen LogP contribution is -2.15. The molecule has 0 radical (unpaired) electrons. The maximum absolute atomic E-state index is 12.9. The van der Waals surface area contributed by atoms with Gasteiger partial charge in [-0.1, -0.05) is 129 Å². The molecule has 1 N–H and O–H groups in total. The Morgan fingerprint density at radius 2 is 0.780 bits per heavy atom. The summed E-state index contributed by atoms with van der Waals surface area (Å²) in [7, 11) is 0. The van der Waals surface area contributed by atoms with Crippen LogP contribution < -0.4 is 9.47 Å². The minimum Gasteiger partial charge on any atom is -0.493 e. The van der Waals surface area contributed by atoms with Gasteiger partial charge in [-0.25, -0.2) is 4.79 Å². The molecule has 0 saturated carbocycles. The van der Waals surface area contributed by atoms with Crippen molar-refractivity contribution in [2.45, 2.75) is 142 Å². The molecule has 9 nitrogen and oxygen atoms in total. The number of carbonyl (C=O) groups excluding carboxylic acids is 1. The van der Waals surface area contributed by atoms with Crippen molar-refractivity contribution in [2.24, 2.45) is 0 Å². The summed E-state index contributed by atoms with van der Waals surface area (Å²) < 4.78 is 39.2. The zero-order valence-corrected chi connectivity index (χ0v) is 32.1. The molecule has 0 aliphatic carbocycles. The average Bonchev–Trinajstić information content (AvgIpc) is 3.12. The van der Waals surface area contributed by atoms with Crippen LogP contribution in [0.5, 0.6) is 11.5 Å². The molecule has 0 fully saturated rings. The second kappa shape index (κ2) is 36.9. The van der Waals surface area contributed by atoms with Gasteiger partial charge in [-0.3, -0.25) is 0 Å². The van der Waals surface area contributed by atoms with E-state index in [0.717, 1.165) is 25.7 Å². The lowest BCUT2D eigenvalue weighted by atomic mass is 10.1. The van der Waals surface area contributed by atoms with Gasteiger partial charge in [-0.2, -0.15) is 0 Å². The lowest BCUT2D eigenvalue weighted by Gasteiger charge is -2.13. The second-order valence-corrected chi connectivity index (χ2v) is 13.1. The predicted molar refractivity (Wildman–Crippen MR) is 202 cm³/mol. The maximum Gasteiger partial charge on any atom is 0.338 e. The van der Waals surface area contributed by atoms with Crippen LogP contribution in [0.3, 0.4) is 0 Å². The van der Waals surface area contributed by atoms with Gasteiger partial charge in [-0.15, -0.1) is 0 Å². The van der Waals surface area contributed by atoms with Gasteiger partial charge in [0.1, 0.15) is 18.1 Å². The van der Waals surface area contributed by atoms with E-state index in [1.165, 1.54) is 103 Å². The van der Waals surface area contributed by atoms with Crippen LogP contribution in [0.25, 0.3) is 0 Å². The number of hydrogen-bond donors (Lipinski definition) is 1. The number of hydrogen-bond acceptors (Lipinski definition) is 9. The molecule has 50 heavy (non-hydrogen) atoms. The van der Waals surface area contributed by atoms with Crippen molar-refractivity contribution in [3.05, 3.63) is 23.8 Å². The second-order valence-electron chi connectivity index (χ2n) is 13.1. The van der Waals surface area contributed by atoms with Crippen LogP contribution in [0, 0.1) is 0 Å². The zero-order valence-electron chi connectivity index (χ0n) is 32.1. The monoisotopic (exact) mass is 711 g/mol. The van der Waals surface area contributed by atoms with E-state index in [1.54, 1.807) is 12.1 Å². The van der Waals surface area contributed by atoms with E-state index in [9.17, 15) is 4.79 Å². The summed E-state index contributed by atoms with van der Waals surface area (Å²) in [6, 6.07) is 5.39. The fourth-order valence-electron chi connectivity index (χ4n) is 5.52. The largest absolute Gasteiger partial charge is 0.493 e. The van der Waals surface area contributed by atoms with Crippen LogP contribution in [0.1, 0.15) is 153 Å². The fourth-order valence-corrected chi connectivity index (χ4v) is 5.52. The number of benzene rings is 1. The van der Waals surface area contributed by atoms with Crippen molar-refractivity contribution < 1.29 is 43.1 Å². The molecule has 292 valence electrons. The summed E-state index contributed by atoms with van der Waals surface area (Å²) >= 11 is 0. The van der Waals surface area contributed by atoms with Crippen molar-refractivity contribution in [2.75, 3.05) is 79.3 Å². The van der Waals surface area contributed by atoms with Gasteiger partial charge in [0.15, 0.2) is 0 Å². The number of unbranched alkanes of at least 4 members (excludes halogenated alkanes) is 18. The smallest absolute Gasteiger partial charge is 0.338 e. The molecule has 0 bridgehead atoms. The van der Waals surface area contributed by atoms with Crippen molar-refractivity contribution >= 4 is 5.97 Å². The molecule has 1 rings (SSSR count). The summed E-state index contributed by atoms with van der Waals surface area (Å²) in [5.41, 5.74) is 0.425. The van der Waals surface area contributed by atoms with E-state index in [4.69, 9.17) is 38.3 Å². The van der Waals surface area contributed by atoms with E-state index < -0.39 is 5.97 Å². The Labute approximate surface area is 305 Å². The maximum atomic E-state index is 12.9. The first kappa shape index (κ1) is 46.1. The Balaban J connectivity index is 2.37. The molecule has 0 heterocycles. The van der Waals surface area contributed by atoms with Gasteiger partial charge in [0, 0.05) is 6.07 Å². The quantitative estimate of drug-likeness (QED) is 0.0529. The SMILES string of the molecule is CCCCCCCCCCCCOc1cc(OCCCCCCCCCCCC)cc(C(=O)OCCOCCOCCOCCOCCO)c1. The van der Waals surface area contributed by atoms with Crippen LogP contribution in [0.2, 0.25) is 0 Å². The van der Waals surface area contributed by atoms with Crippen molar-refractivity contribution in [1.29, 1.82) is 0 Å². The molecule has 9 heteroatoms. The molecule has 0 saturated heterocycles. The third-order valence-electron chi connectivity index (χ3n) is 8.46. The van der Waals surface area contributed by atoms with Crippen LogP contribution in [-0.2, 0) is 23.7 Å². The molecule has 0 unspecified atom stereocenters. The van der Waals surface area contributed by atoms with E-state index in [2.05, 4.69) is 13.8 Å². The summed E-state index contributed by atoms with van der Waals surface area (Å²) in [6.07, 6.45) is 25.5. The predicted octanol–water partition coefficient (Wildman–Crippen LogP) is 9.50. The number of aliphatic hydroxyl groups is 1. The number of rotatable bonds is 39. The topological polar surface area (TPSA) is 102 Å². The standard InChI is InChI=1S/C41H74O9/c1-3-5-7-9-11-13-15-17-19-21-24-48-39-35-38(36-40(37-39)49-25-22-20-18-16-14-12-10-8-6-4-2)41(43)50-34-33-47-32-31-46-30-29-45-28-27-44-26-23-42/h35-37,42H,3-34H2,1-2H3. The van der Waals surface area contributed by atoms with Crippen molar-refractivity contribution in [1.82, 2.24) is 0 Å². The lowest BCUT2D eigenvalue weighted by molar-refractivity contribution is -0.0114. The van der Waals surface area contributed by atoms with Crippen LogP contribution >= 0.6 is 0 Å². The highest BCUT2D eigenvalue weighted by atomic mass is 16.6. The van der Waals surface area contributed by atoms with Crippen LogP contribution in [0.4, 0.5) is 0 Å². The summed E-state index contributed by atoms with van der Waals surface area (Å²) in [4.78, 5) is 12.9. The van der Waals surface area contributed by atoms with Gasteiger partial charge < -0.3 is 38.3 Å². The molecule has 0 aliphatic rings. The van der Waals surface area contributed by atoms with E-state index in [0.29, 0.717) is 76.5 Å². The normalized spacial score (nSPS) is 11.3. The first-order valence-corrected chi connectivity index (χ1v) is 20.2. The van der Waals surface area contributed by atoms with Crippen LogP contribution in [-0.4, -0.2) is 90.4 Å². The highest BCUT2D eigenvalue weighted by Crippen LogP contribution is 2.25. The van der Waals surface area contributed by atoms with E-state index in [1.807, 2.05) is 6.07 Å². The third-order valence-corrected chi connectivity index (χ3v) is 8.46. The first-order valence-electron chi connectivity index (χ1n) is 20.2. The number of carbonyl (C=O) groups is 1. The Bertz CT molecular complexity index is 822. The van der Waals surface area contributed by atoms with Gasteiger partial charge in [-0.05, 0) is 25.0 Å². The highest BCUT2D eigenvalue weighted by Gasteiger charge is 2.12. The van der Waals surface area contributed by atoms with Gasteiger partial charge in [0.05, 0.1) is 78.2 Å². The molecule has 0 atom stereocenters. The minimum absolute atomic E-state index is 0.0133. The van der Waals surface area contributed by atoms with E-state index >= 15 is 0 Å². The minimum atomic E-state index is -0.418. The molecule has 0 aromatic heterocycles.